The van der Waals surface area contributed by atoms with E-state index in [-0.39, 0.29) is 10.8 Å². The van der Waals surface area contributed by atoms with Gasteiger partial charge in [-0.15, -0.1) is 0 Å². The quantitative estimate of drug-likeness (QED) is 0.586. The number of rotatable bonds is 0. The molecular formula is C10H15BrO. The summed E-state index contributed by atoms with van der Waals surface area (Å²) in [5.74, 6) is 1.07. The first-order valence-corrected chi connectivity index (χ1v) is 5.49. The monoisotopic (exact) mass is 230 g/mol. The highest BCUT2D eigenvalue weighted by Gasteiger charge is 2.65. The second-order valence-corrected chi connectivity index (χ2v) is 6.06. The third-order valence-corrected chi connectivity index (χ3v) is 5.78. The minimum absolute atomic E-state index is 0.0995. The van der Waals surface area contributed by atoms with Gasteiger partial charge in [-0.3, -0.25) is 4.79 Å². The molecule has 2 rings (SSSR count). The predicted octanol–water partition coefficient (Wildman–Crippen LogP) is 2.78. The highest BCUT2D eigenvalue weighted by atomic mass is 79.9. The normalized spacial score (nSPS) is 50.2. The van der Waals surface area contributed by atoms with E-state index in [2.05, 4.69) is 36.7 Å². The zero-order valence-corrected chi connectivity index (χ0v) is 9.44. The van der Waals surface area contributed by atoms with Gasteiger partial charge in [-0.25, -0.2) is 0 Å². The van der Waals surface area contributed by atoms with E-state index < -0.39 is 0 Å². The number of hydrogen-bond donors (Lipinski definition) is 0. The third-order valence-electron chi connectivity index (χ3n) is 4.49. The predicted molar refractivity (Wildman–Crippen MR) is 52.3 cm³/mol. The van der Waals surface area contributed by atoms with E-state index in [9.17, 15) is 4.79 Å². The Morgan fingerprint density at radius 2 is 2.00 bits per heavy atom. The summed E-state index contributed by atoms with van der Waals surface area (Å²) in [6.07, 6.45) is 1.99. The van der Waals surface area contributed by atoms with Gasteiger partial charge in [0, 0.05) is 16.7 Å². The van der Waals surface area contributed by atoms with Crippen LogP contribution >= 0.6 is 15.9 Å². The third kappa shape index (κ3) is 0.688. The molecule has 68 valence electrons. The van der Waals surface area contributed by atoms with E-state index in [1.54, 1.807) is 0 Å². The van der Waals surface area contributed by atoms with Crippen LogP contribution in [0.2, 0.25) is 0 Å². The van der Waals surface area contributed by atoms with Gasteiger partial charge < -0.3 is 0 Å². The van der Waals surface area contributed by atoms with E-state index in [4.69, 9.17) is 0 Å². The molecule has 2 heteroatoms. The van der Waals surface area contributed by atoms with Gasteiger partial charge in [0.15, 0.2) is 0 Å². The molecule has 2 bridgehead atoms. The maximum absolute atomic E-state index is 11.8. The Hall–Kier alpha value is 0.150. The minimum Gasteiger partial charge on any atom is -0.299 e. The molecule has 0 N–H and O–H groups in total. The van der Waals surface area contributed by atoms with Gasteiger partial charge in [0.2, 0.25) is 0 Å². The molecule has 2 aliphatic carbocycles. The SMILES string of the molecule is CC1(C)[C@H]2CC(=O)[C@]1(C)[C@@H](Br)C2. The van der Waals surface area contributed by atoms with Crippen LogP contribution in [0.1, 0.15) is 33.6 Å². The van der Waals surface area contributed by atoms with Crippen LogP contribution in [0, 0.1) is 16.7 Å². The first kappa shape index (κ1) is 8.74. The Kier molecular flexibility index (Phi) is 1.56. The van der Waals surface area contributed by atoms with Crippen molar-refractivity contribution in [1.82, 2.24) is 0 Å². The van der Waals surface area contributed by atoms with Gasteiger partial charge in [0.25, 0.3) is 0 Å². The van der Waals surface area contributed by atoms with Crippen LogP contribution in [0.15, 0.2) is 0 Å². The second-order valence-electron chi connectivity index (χ2n) is 4.95. The number of halogens is 1. The molecule has 0 aliphatic heterocycles. The fraction of sp³-hybridized carbons (Fsp3) is 0.900. The van der Waals surface area contributed by atoms with Crippen LogP contribution in [-0.2, 0) is 4.79 Å². The molecule has 0 spiro atoms. The summed E-state index contributed by atoms with van der Waals surface area (Å²) in [6, 6.07) is 0. The Labute approximate surface area is 82.0 Å². The van der Waals surface area contributed by atoms with E-state index in [1.165, 1.54) is 6.42 Å². The van der Waals surface area contributed by atoms with Crippen molar-refractivity contribution in [3.8, 4) is 0 Å². The summed E-state index contributed by atoms with van der Waals surface area (Å²) in [5.41, 5.74) is 0.107. The maximum Gasteiger partial charge on any atom is 0.140 e. The Balaban J connectivity index is 2.51. The lowest BCUT2D eigenvalue weighted by Gasteiger charge is -2.35. The Morgan fingerprint density at radius 1 is 1.42 bits per heavy atom. The zero-order valence-electron chi connectivity index (χ0n) is 7.86. The lowest BCUT2D eigenvalue weighted by atomic mass is 9.70. The number of hydrogen-bond acceptors (Lipinski definition) is 1. The van der Waals surface area contributed by atoms with Gasteiger partial charge in [0.1, 0.15) is 5.78 Å². The van der Waals surface area contributed by atoms with Crippen molar-refractivity contribution >= 4 is 21.7 Å². The van der Waals surface area contributed by atoms with Crippen LogP contribution < -0.4 is 0 Å². The first-order valence-electron chi connectivity index (χ1n) is 4.58. The molecule has 0 heterocycles. The molecule has 3 atom stereocenters. The highest BCUT2D eigenvalue weighted by Crippen LogP contribution is 2.65. The molecule has 0 amide bonds. The number of Topliss-reactive ketones (excluding diaryl/α,β-unsaturated/α-hetero) is 1. The maximum atomic E-state index is 11.8. The van der Waals surface area contributed by atoms with Crippen LogP contribution in [0.25, 0.3) is 0 Å². The average molecular weight is 231 g/mol. The summed E-state index contributed by atoms with van der Waals surface area (Å²) in [5, 5.41) is 0. The summed E-state index contributed by atoms with van der Waals surface area (Å²) in [7, 11) is 0. The molecule has 2 fully saturated rings. The molecular weight excluding hydrogens is 216 g/mol. The molecule has 2 aliphatic rings. The number of carbonyl (C=O) groups excluding carboxylic acids is 1. The second kappa shape index (κ2) is 2.14. The van der Waals surface area contributed by atoms with Crippen LogP contribution in [0.3, 0.4) is 0 Å². The van der Waals surface area contributed by atoms with Gasteiger partial charge in [0.05, 0.1) is 0 Å². The zero-order chi connectivity index (χ0) is 9.15. The van der Waals surface area contributed by atoms with E-state index in [0.29, 0.717) is 16.5 Å². The number of fused-ring (bicyclic) bond motifs is 2. The molecule has 0 unspecified atom stereocenters. The molecule has 0 radical (unpaired) electrons. The van der Waals surface area contributed by atoms with Crippen LogP contribution in [-0.4, -0.2) is 10.6 Å². The van der Waals surface area contributed by atoms with Gasteiger partial charge >= 0.3 is 0 Å². The Morgan fingerprint density at radius 3 is 2.25 bits per heavy atom. The topological polar surface area (TPSA) is 17.1 Å². The number of carbonyl (C=O) groups is 1. The highest BCUT2D eigenvalue weighted by molar-refractivity contribution is 9.09. The van der Waals surface area contributed by atoms with Crippen molar-refractivity contribution in [2.45, 2.75) is 38.4 Å². The molecule has 0 aromatic carbocycles. The van der Waals surface area contributed by atoms with Crippen molar-refractivity contribution < 1.29 is 4.79 Å². The van der Waals surface area contributed by atoms with Gasteiger partial charge in [-0.2, -0.15) is 0 Å². The fourth-order valence-corrected chi connectivity index (χ4v) is 4.21. The fourth-order valence-electron chi connectivity index (χ4n) is 2.92. The van der Waals surface area contributed by atoms with Gasteiger partial charge in [-0.1, -0.05) is 36.7 Å². The number of ketones is 1. The van der Waals surface area contributed by atoms with E-state index in [0.717, 1.165) is 6.42 Å². The van der Waals surface area contributed by atoms with Crippen molar-refractivity contribution in [2.75, 3.05) is 0 Å². The molecule has 2 saturated carbocycles. The van der Waals surface area contributed by atoms with Crippen molar-refractivity contribution in [3.63, 3.8) is 0 Å². The lowest BCUT2D eigenvalue weighted by molar-refractivity contribution is -0.127. The smallest absolute Gasteiger partial charge is 0.140 e. The van der Waals surface area contributed by atoms with Crippen LogP contribution in [0.4, 0.5) is 0 Å². The molecule has 12 heavy (non-hydrogen) atoms. The molecule has 0 aromatic heterocycles. The summed E-state index contributed by atoms with van der Waals surface area (Å²) in [6.45, 7) is 6.61. The largest absolute Gasteiger partial charge is 0.299 e. The van der Waals surface area contributed by atoms with Crippen molar-refractivity contribution in [2.24, 2.45) is 16.7 Å². The van der Waals surface area contributed by atoms with E-state index in [1.807, 2.05) is 0 Å². The Bertz CT molecular complexity index is 246. The van der Waals surface area contributed by atoms with Crippen LogP contribution in [0.5, 0.6) is 0 Å². The average Bonchev–Trinajstić information content (AvgIpc) is 2.20. The number of alkyl halides is 1. The lowest BCUT2D eigenvalue weighted by Crippen LogP contribution is -2.38. The summed E-state index contributed by atoms with van der Waals surface area (Å²) < 4.78 is 0. The summed E-state index contributed by atoms with van der Waals surface area (Å²) in [4.78, 5) is 12.2. The van der Waals surface area contributed by atoms with Crippen molar-refractivity contribution in [3.05, 3.63) is 0 Å². The van der Waals surface area contributed by atoms with E-state index >= 15 is 0 Å². The first-order chi connectivity index (χ1) is 5.40. The van der Waals surface area contributed by atoms with Gasteiger partial charge in [-0.05, 0) is 17.8 Å². The standard InChI is InChI=1S/C10H15BrO/c1-9(2)6-4-7(11)10(9,3)8(12)5-6/h6-7H,4-5H2,1-3H3/t6-,7+,10+/m1/s1. The molecule has 1 nitrogen and oxygen atoms in total. The minimum atomic E-state index is -0.0995. The van der Waals surface area contributed by atoms with Crippen molar-refractivity contribution in [1.29, 1.82) is 0 Å². The molecule has 0 aromatic rings. The molecule has 0 saturated heterocycles. The summed E-state index contributed by atoms with van der Waals surface area (Å²) >= 11 is 3.65.